The zero-order valence-electron chi connectivity index (χ0n) is 11.3. The van der Waals surface area contributed by atoms with Crippen LogP contribution in [0.2, 0.25) is 5.15 Å². The minimum atomic E-state index is -3.72. The summed E-state index contributed by atoms with van der Waals surface area (Å²) in [6.45, 7) is 0.342. The summed E-state index contributed by atoms with van der Waals surface area (Å²) in [6, 6.07) is 2.19. The van der Waals surface area contributed by atoms with Crippen LogP contribution >= 0.6 is 11.6 Å². The Morgan fingerprint density at radius 3 is 2.70 bits per heavy atom. The Bertz CT molecular complexity index is 601. The van der Waals surface area contributed by atoms with Gasteiger partial charge in [-0.2, -0.15) is 4.31 Å². The highest BCUT2D eigenvalue weighted by molar-refractivity contribution is 7.89. The van der Waals surface area contributed by atoms with E-state index in [1.807, 2.05) is 0 Å². The second-order valence-electron chi connectivity index (χ2n) is 4.82. The molecule has 20 heavy (non-hydrogen) atoms. The Hall–Kier alpha value is -1.18. The molecule has 0 spiro atoms. The van der Waals surface area contributed by atoms with E-state index in [1.54, 1.807) is 14.1 Å². The van der Waals surface area contributed by atoms with Crippen molar-refractivity contribution in [1.82, 2.24) is 14.2 Å². The van der Waals surface area contributed by atoms with Crippen molar-refractivity contribution < 1.29 is 13.2 Å². The monoisotopic (exact) mass is 317 g/mol. The van der Waals surface area contributed by atoms with Gasteiger partial charge in [0.25, 0.3) is 0 Å². The quantitative estimate of drug-likeness (QED) is 0.779. The zero-order chi connectivity index (χ0) is 14.9. The van der Waals surface area contributed by atoms with E-state index >= 15 is 0 Å². The Labute approximate surface area is 123 Å². The van der Waals surface area contributed by atoms with Gasteiger partial charge in [0.05, 0.1) is 0 Å². The molecule has 0 aliphatic carbocycles. The van der Waals surface area contributed by atoms with Crippen molar-refractivity contribution in [3.8, 4) is 0 Å². The third-order valence-electron chi connectivity index (χ3n) is 3.24. The molecule has 1 amide bonds. The van der Waals surface area contributed by atoms with E-state index in [0.29, 0.717) is 19.4 Å². The number of hydrogen-bond donors (Lipinski definition) is 0. The third-order valence-corrected chi connectivity index (χ3v) is 5.35. The summed E-state index contributed by atoms with van der Waals surface area (Å²) in [7, 11) is -0.478. The van der Waals surface area contributed by atoms with Gasteiger partial charge in [0, 0.05) is 26.8 Å². The molecule has 2 heterocycles. The smallest absolute Gasteiger partial charge is 0.245 e. The number of hydrogen-bond acceptors (Lipinski definition) is 4. The van der Waals surface area contributed by atoms with E-state index < -0.39 is 16.1 Å². The fourth-order valence-corrected chi connectivity index (χ4v) is 3.93. The molecule has 110 valence electrons. The maximum atomic E-state index is 12.6. The van der Waals surface area contributed by atoms with Crippen LogP contribution in [-0.4, -0.2) is 55.2 Å². The summed E-state index contributed by atoms with van der Waals surface area (Å²) in [6.07, 6.45) is 2.43. The summed E-state index contributed by atoms with van der Waals surface area (Å²) in [5, 5.41) is 0.228. The highest BCUT2D eigenvalue weighted by Crippen LogP contribution is 2.27. The number of pyridine rings is 1. The standard InChI is InChI=1S/C12H16ClN3O3S/c1-15(2)12(17)10-4-3-7-16(10)20(18,19)9-5-6-11(13)14-8-9/h5-6,8,10H,3-4,7H2,1-2H3. The predicted molar refractivity (Wildman–Crippen MR) is 74.9 cm³/mol. The zero-order valence-corrected chi connectivity index (χ0v) is 12.9. The maximum absolute atomic E-state index is 12.6. The minimum absolute atomic E-state index is 0.0559. The second-order valence-corrected chi connectivity index (χ2v) is 7.10. The molecule has 2 rings (SSSR count). The molecular formula is C12H16ClN3O3S. The fraction of sp³-hybridized carbons (Fsp3) is 0.500. The van der Waals surface area contributed by atoms with Crippen molar-refractivity contribution >= 4 is 27.5 Å². The first-order valence-corrected chi connectivity index (χ1v) is 8.00. The van der Waals surface area contributed by atoms with Gasteiger partial charge in [-0.05, 0) is 25.0 Å². The molecular weight excluding hydrogens is 302 g/mol. The maximum Gasteiger partial charge on any atom is 0.245 e. The average Bonchev–Trinajstić information content (AvgIpc) is 2.88. The van der Waals surface area contributed by atoms with Crippen LogP contribution in [0.4, 0.5) is 0 Å². The van der Waals surface area contributed by atoms with Gasteiger partial charge in [-0.25, -0.2) is 13.4 Å². The van der Waals surface area contributed by atoms with Gasteiger partial charge in [-0.3, -0.25) is 4.79 Å². The van der Waals surface area contributed by atoms with Gasteiger partial charge in [0.2, 0.25) is 15.9 Å². The molecule has 1 aromatic heterocycles. The lowest BCUT2D eigenvalue weighted by molar-refractivity contribution is -0.132. The van der Waals surface area contributed by atoms with Crippen LogP contribution in [0.5, 0.6) is 0 Å². The summed E-state index contributed by atoms with van der Waals surface area (Å²) < 4.78 is 26.4. The second kappa shape index (κ2) is 5.67. The first kappa shape index (κ1) is 15.2. The summed E-state index contributed by atoms with van der Waals surface area (Å²) in [4.78, 5) is 17.3. The lowest BCUT2D eigenvalue weighted by atomic mass is 10.2. The number of likely N-dealkylation sites (N-methyl/N-ethyl adjacent to an activating group) is 1. The van der Waals surface area contributed by atoms with Gasteiger partial charge < -0.3 is 4.90 Å². The van der Waals surface area contributed by atoms with Crippen molar-refractivity contribution in [2.24, 2.45) is 0 Å². The van der Waals surface area contributed by atoms with Crippen LogP contribution in [0.25, 0.3) is 0 Å². The highest BCUT2D eigenvalue weighted by atomic mass is 35.5. The normalized spacial score (nSPS) is 20.1. The van der Waals surface area contributed by atoms with Crippen LogP contribution in [0.3, 0.4) is 0 Å². The van der Waals surface area contributed by atoms with Crippen LogP contribution in [0.1, 0.15) is 12.8 Å². The van der Waals surface area contributed by atoms with Gasteiger partial charge in [0.15, 0.2) is 0 Å². The van der Waals surface area contributed by atoms with E-state index in [1.165, 1.54) is 27.5 Å². The Balaban J connectivity index is 2.33. The number of halogens is 1. The molecule has 1 fully saturated rings. The molecule has 6 nitrogen and oxygen atoms in total. The Kier molecular flexibility index (Phi) is 4.31. The Morgan fingerprint density at radius 1 is 1.45 bits per heavy atom. The average molecular weight is 318 g/mol. The lowest BCUT2D eigenvalue weighted by Gasteiger charge is -2.25. The van der Waals surface area contributed by atoms with E-state index in [-0.39, 0.29) is 16.0 Å². The van der Waals surface area contributed by atoms with Crippen molar-refractivity contribution in [3.05, 3.63) is 23.5 Å². The predicted octanol–water partition coefficient (Wildman–Crippen LogP) is 0.976. The number of aromatic nitrogens is 1. The first-order valence-electron chi connectivity index (χ1n) is 6.18. The van der Waals surface area contributed by atoms with Crippen molar-refractivity contribution in [1.29, 1.82) is 0 Å². The van der Waals surface area contributed by atoms with Crippen molar-refractivity contribution in [2.45, 2.75) is 23.8 Å². The van der Waals surface area contributed by atoms with Crippen LogP contribution in [0.15, 0.2) is 23.2 Å². The summed E-state index contributed by atoms with van der Waals surface area (Å²) in [5.74, 6) is -0.201. The Morgan fingerprint density at radius 2 is 2.15 bits per heavy atom. The van der Waals surface area contributed by atoms with Gasteiger partial charge in [-0.1, -0.05) is 11.6 Å². The topological polar surface area (TPSA) is 70.6 Å². The number of rotatable bonds is 3. The van der Waals surface area contributed by atoms with Crippen LogP contribution in [-0.2, 0) is 14.8 Å². The molecule has 0 radical (unpaired) electrons. The molecule has 1 aromatic rings. The third kappa shape index (κ3) is 2.79. The summed E-state index contributed by atoms with van der Waals surface area (Å²) in [5.41, 5.74) is 0. The summed E-state index contributed by atoms with van der Waals surface area (Å²) >= 11 is 5.66. The van der Waals surface area contributed by atoms with Gasteiger partial charge in [-0.15, -0.1) is 0 Å². The molecule has 0 N–H and O–H groups in total. The molecule has 0 bridgehead atoms. The number of carbonyl (C=O) groups excluding carboxylic acids is 1. The minimum Gasteiger partial charge on any atom is -0.347 e. The lowest BCUT2D eigenvalue weighted by Crippen LogP contribution is -2.45. The highest BCUT2D eigenvalue weighted by Gasteiger charge is 2.40. The molecule has 1 aliphatic heterocycles. The van der Waals surface area contributed by atoms with Crippen LogP contribution in [0, 0.1) is 0 Å². The molecule has 1 atom stereocenters. The number of amides is 1. The number of nitrogens with zero attached hydrogens (tertiary/aromatic N) is 3. The van der Waals surface area contributed by atoms with E-state index in [2.05, 4.69) is 4.98 Å². The molecule has 1 saturated heterocycles. The van der Waals surface area contributed by atoms with Crippen molar-refractivity contribution in [2.75, 3.05) is 20.6 Å². The van der Waals surface area contributed by atoms with Crippen LogP contribution < -0.4 is 0 Å². The molecule has 0 saturated carbocycles. The molecule has 8 heteroatoms. The van der Waals surface area contributed by atoms with E-state index in [0.717, 1.165) is 0 Å². The van der Waals surface area contributed by atoms with Gasteiger partial charge in [0.1, 0.15) is 16.1 Å². The van der Waals surface area contributed by atoms with Gasteiger partial charge >= 0.3 is 0 Å². The first-order chi connectivity index (χ1) is 9.34. The number of carbonyl (C=O) groups is 1. The molecule has 0 aromatic carbocycles. The van der Waals surface area contributed by atoms with E-state index in [9.17, 15) is 13.2 Å². The SMILES string of the molecule is CN(C)C(=O)C1CCCN1S(=O)(=O)c1ccc(Cl)nc1. The molecule has 1 unspecified atom stereocenters. The fourth-order valence-electron chi connectivity index (χ4n) is 2.22. The molecule has 1 aliphatic rings. The van der Waals surface area contributed by atoms with E-state index in [4.69, 9.17) is 11.6 Å². The van der Waals surface area contributed by atoms with Crippen molar-refractivity contribution in [3.63, 3.8) is 0 Å². The number of sulfonamides is 1. The largest absolute Gasteiger partial charge is 0.347 e.